The molecule has 2 aromatic rings. The lowest BCUT2D eigenvalue weighted by Crippen LogP contribution is -2.35. The van der Waals surface area contributed by atoms with Crippen molar-refractivity contribution >= 4 is 11.5 Å². The maximum Gasteiger partial charge on any atom is 0.151 e. The molecule has 0 spiro atoms. The molecule has 1 saturated heterocycles. The SMILES string of the molecule is CCc1cc(C2=CN(C)C(=C=O)C(C)=C2C)ccc1CN1CCC(COc2ccc3c(c2)C(C)NCC3)CC1. The number of benzene rings is 2. The average Bonchev–Trinajstić information content (AvgIpc) is 2.95. The third-order valence-electron chi connectivity index (χ3n) is 9.01. The van der Waals surface area contributed by atoms with Gasteiger partial charge in [0.2, 0.25) is 0 Å². The van der Waals surface area contributed by atoms with Crippen LogP contribution in [-0.4, -0.2) is 49.0 Å². The Bertz CT molecular complexity index is 1330. The number of hydrogen-bond acceptors (Lipinski definition) is 5. The van der Waals surface area contributed by atoms with Gasteiger partial charge in [0, 0.05) is 31.4 Å². The molecule has 1 atom stereocenters. The highest BCUT2D eigenvalue weighted by Crippen LogP contribution is 2.35. The largest absolute Gasteiger partial charge is 0.493 e. The topological polar surface area (TPSA) is 44.8 Å². The Kier molecular flexibility index (Phi) is 8.42. The number of hydrogen-bond donors (Lipinski definition) is 1. The van der Waals surface area contributed by atoms with Crippen LogP contribution in [-0.2, 0) is 24.2 Å². The quantitative estimate of drug-likeness (QED) is 0.444. The Labute approximate surface area is 234 Å². The maximum absolute atomic E-state index is 11.4. The summed E-state index contributed by atoms with van der Waals surface area (Å²) in [5.74, 6) is 3.71. The summed E-state index contributed by atoms with van der Waals surface area (Å²) in [5.41, 5.74) is 10.8. The number of aryl methyl sites for hydroxylation is 1. The maximum atomic E-state index is 11.4. The van der Waals surface area contributed by atoms with Gasteiger partial charge in [0.1, 0.15) is 11.4 Å². The van der Waals surface area contributed by atoms with E-state index in [1.165, 1.54) is 46.2 Å². The number of fused-ring (bicyclic) bond motifs is 1. The third-order valence-corrected chi connectivity index (χ3v) is 9.01. The van der Waals surface area contributed by atoms with E-state index in [1.807, 2.05) is 18.9 Å². The highest BCUT2D eigenvalue weighted by Gasteiger charge is 2.23. The minimum Gasteiger partial charge on any atom is -0.493 e. The van der Waals surface area contributed by atoms with Crippen LogP contribution >= 0.6 is 0 Å². The number of nitrogens with one attached hydrogen (secondary N) is 1. The third kappa shape index (κ3) is 5.91. The van der Waals surface area contributed by atoms with Gasteiger partial charge in [-0.3, -0.25) is 4.90 Å². The van der Waals surface area contributed by atoms with Crippen molar-refractivity contribution < 1.29 is 9.53 Å². The zero-order chi connectivity index (χ0) is 27.5. The van der Waals surface area contributed by atoms with Crippen molar-refractivity contribution in [2.24, 2.45) is 5.92 Å². The van der Waals surface area contributed by atoms with Gasteiger partial charge in [0.05, 0.1) is 6.61 Å². The molecule has 5 rings (SSSR count). The molecule has 0 amide bonds. The summed E-state index contributed by atoms with van der Waals surface area (Å²) in [4.78, 5) is 15.9. The van der Waals surface area contributed by atoms with Crippen molar-refractivity contribution in [3.8, 4) is 5.75 Å². The molecule has 0 bridgehead atoms. The van der Waals surface area contributed by atoms with Crippen LogP contribution in [0.3, 0.4) is 0 Å². The first-order valence-corrected chi connectivity index (χ1v) is 14.6. The molecular weight excluding hydrogens is 482 g/mol. The highest BCUT2D eigenvalue weighted by atomic mass is 16.5. The van der Waals surface area contributed by atoms with Gasteiger partial charge < -0.3 is 15.0 Å². The second kappa shape index (κ2) is 12.0. The van der Waals surface area contributed by atoms with Crippen LogP contribution in [0.1, 0.15) is 74.4 Å². The molecule has 5 heteroatoms. The van der Waals surface area contributed by atoms with E-state index in [0.29, 0.717) is 17.7 Å². The molecule has 0 aromatic heterocycles. The molecule has 3 aliphatic rings. The summed E-state index contributed by atoms with van der Waals surface area (Å²) in [6.45, 7) is 13.7. The van der Waals surface area contributed by atoms with E-state index in [9.17, 15) is 4.79 Å². The molecule has 206 valence electrons. The van der Waals surface area contributed by atoms with Crippen LogP contribution in [0.5, 0.6) is 5.75 Å². The van der Waals surface area contributed by atoms with Gasteiger partial charge in [0.25, 0.3) is 0 Å². The van der Waals surface area contributed by atoms with Crippen molar-refractivity contribution in [2.45, 2.75) is 66.0 Å². The first kappa shape index (κ1) is 27.5. The minimum atomic E-state index is 0.403. The predicted octanol–water partition coefficient (Wildman–Crippen LogP) is 6.08. The van der Waals surface area contributed by atoms with Gasteiger partial charge in [-0.2, -0.15) is 0 Å². The number of allylic oxidation sites excluding steroid dienone is 3. The summed E-state index contributed by atoms with van der Waals surface area (Å²) in [6, 6.07) is 14.0. The summed E-state index contributed by atoms with van der Waals surface area (Å²) in [5, 5.41) is 3.55. The van der Waals surface area contributed by atoms with Crippen molar-refractivity contribution in [3.05, 3.63) is 87.3 Å². The van der Waals surface area contributed by atoms with Gasteiger partial charge >= 0.3 is 0 Å². The molecule has 3 aliphatic heterocycles. The Morgan fingerprint density at radius 3 is 2.59 bits per heavy atom. The number of likely N-dealkylation sites (N-methyl/N-ethyl adjacent to an activating group) is 1. The lowest BCUT2D eigenvalue weighted by Gasteiger charge is -2.32. The van der Waals surface area contributed by atoms with Gasteiger partial charge in [-0.15, -0.1) is 0 Å². The fourth-order valence-electron chi connectivity index (χ4n) is 6.31. The van der Waals surface area contributed by atoms with Crippen molar-refractivity contribution in [1.82, 2.24) is 15.1 Å². The zero-order valence-corrected chi connectivity index (χ0v) is 24.3. The van der Waals surface area contributed by atoms with Crippen molar-refractivity contribution in [1.29, 1.82) is 0 Å². The Morgan fingerprint density at radius 1 is 1.05 bits per heavy atom. The summed E-state index contributed by atoms with van der Waals surface area (Å²) in [7, 11) is 1.92. The second-order valence-corrected chi connectivity index (χ2v) is 11.5. The lowest BCUT2D eigenvalue weighted by atomic mass is 9.89. The van der Waals surface area contributed by atoms with Gasteiger partial charge in [-0.25, -0.2) is 4.79 Å². The number of piperidine rings is 1. The Morgan fingerprint density at radius 2 is 1.85 bits per heavy atom. The van der Waals surface area contributed by atoms with Crippen molar-refractivity contribution in [3.63, 3.8) is 0 Å². The molecule has 5 nitrogen and oxygen atoms in total. The fourth-order valence-corrected chi connectivity index (χ4v) is 6.31. The molecule has 0 radical (unpaired) electrons. The van der Waals surface area contributed by atoms with Crippen LogP contribution in [0, 0.1) is 5.92 Å². The monoisotopic (exact) mass is 525 g/mol. The first-order chi connectivity index (χ1) is 18.9. The number of likely N-dealkylation sites (tertiary alicyclic amines) is 1. The molecule has 1 fully saturated rings. The predicted molar refractivity (Wildman–Crippen MR) is 159 cm³/mol. The van der Waals surface area contributed by atoms with E-state index in [2.05, 4.69) is 79.5 Å². The first-order valence-electron chi connectivity index (χ1n) is 14.6. The summed E-state index contributed by atoms with van der Waals surface area (Å²) in [6.07, 6.45) is 6.53. The molecular formula is C34H43N3O2. The molecule has 1 unspecified atom stereocenters. The lowest BCUT2D eigenvalue weighted by molar-refractivity contribution is 0.136. The summed E-state index contributed by atoms with van der Waals surface area (Å²) < 4.78 is 6.28. The summed E-state index contributed by atoms with van der Waals surface area (Å²) >= 11 is 0. The molecule has 0 aliphatic carbocycles. The van der Waals surface area contributed by atoms with E-state index < -0.39 is 0 Å². The van der Waals surface area contributed by atoms with Crippen LogP contribution in [0.2, 0.25) is 0 Å². The highest BCUT2D eigenvalue weighted by molar-refractivity contribution is 5.84. The van der Waals surface area contributed by atoms with Gasteiger partial charge in [0.15, 0.2) is 5.94 Å². The Hall–Kier alpha value is -3.11. The molecule has 3 heterocycles. The van der Waals surface area contributed by atoms with Crippen LogP contribution in [0.4, 0.5) is 0 Å². The van der Waals surface area contributed by atoms with E-state index in [4.69, 9.17) is 4.74 Å². The Balaban J connectivity index is 1.17. The minimum absolute atomic E-state index is 0.403. The standard InChI is InChI=1S/C34H43N3O2/c1-6-27-17-29(33-20-36(5)34(21-38)24(3)23(33)2)7-8-30(27)19-37-15-12-26(13-16-37)22-39-31-10-9-28-11-14-35-25(4)32(28)18-31/h7-10,17-18,20,25-26,35H,6,11-16,19,22H2,1-5H3. The zero-order valence-electron chi connectivity index (χ0n) is 24.3. The molecule has 0 saturated carbocycles. The molecule has 39 heavy (non-hydrogen) atoms. The second-order valence-electron chi connectivity index (χ2n) is 11.5. The van der Waals surface area contributed by atoms with Crippen LogP contribution < -0.4 is 10.1 Å². The van der Waals surface area contributed by atoms with E-state index in [-0.39, 0.29) is 0 Å². The number of ether oxygens (including phenoxy) is 1. The van der Waals surface area contributed by atoms with E-state index in [0.717, 1.165) is 62.5 Å². The van der Waals surface area contributed by atoms with E-state index in [1.54, 1.807) is 0 Å². The fraction of sp³-hybridized carbons (Fsp3) is 0.471. The van der Waals surface area contributed by atoms with Crippen LogP contribution in [0.25, 0.3) is 5.57 Å². The van der Waals surface area contributed by atoms with Gasteiger partial charge in [-0.1, -0.05) is 31.2 Å². The van der Waals surface area contributed by atoms with Crippen molar-refractivity contribution in [2.75, 3.05) is 33.3 Å². The molecule has 2 aromatic carbocycles. The average molecular weight is 526 g/mol. The number of carbonyl (C=O) groups excluding carboxylic acids is 1. The smallest absolute Gasteiger partial charge is 0.151 e. The van der Waals surface area contributed by atoms with Crippen LogP contribution in [0.15, 0.2) is 59.4 Å². The van der Waals surface area contributed by atoms with E-state index >= 15 is 0 Å². The molecule has 1 N–H and O–H groups in total. The normalized spacial score (nSPS) is 20.5. The van der Waals surface area contributed by atoms with Gasteiger partial charge in [-0.05, 0) is 123 Å². The number of rotatable bonds is 7. The number of nitrogens with zero attached hydrogens (tertiary/aromatic N) is 2.